The maximum atomic E-state index is 12.9. The average molecular weight is 480 g/mol. The molecule has 1 aliphatic rings. The molecule has 1 fully saturated rings. The van der Waals surface area contributed by atoms with Gasteiger partial charge in [-0.1, -0.05) is 30.3 Å². The summed E-state index contributed by atoms with van der Waals surface area (Å²) >= 11 is 0. The molecule has 0 atom stereocenters. The molecule has 11 heteroatoms. The number of rotatable bonds is 7. The average Bonchev–Trinajstić information content (AvgIpc) is 3.38. The van der Waals surface area contributed by atoms with Crippen LogP contribution in [0.4, 0.5) is 0 Å². The second-order valence-corrected chi connectivity index (χ2v) is 9.48. The molecule has 0 saturated carbocycles. The number of hydrogen-bond acceptors (Lipinski definition) is 9. The molecular weight excluding hydrogens is 454 g/mol. The Kier molecular flexibility index (Phi) is 6.96. The molecule has 0 radical (unpaired) electrons. The van der Waals surface area contributed by atoms with Crippen LogP contribution in [0, 0.1) is 0 Å². The Balaban J connectivity index is 1.61. The van der Waals surface area contributed by atoms with Crippen LogP contribution in [-0.4, -0.2) is 61.5 Å². The number of nitrogens with two attached hydrogens (primary N) is 1. The molecule has 1 aliphatic heterocycles. The molecular formula is C23H25N7O3S. The first-order chi connectivity index (χ1) is 16.4. The van der Waals surface area contributed by atoms with Crippen LogP contribution in [0.15, 0.2) is 79.7 Å². The highest BCUT2D eigenvalue weighted by molar-refractivity contribution is 7.89. The second kappa shape index (κ2) is 10.1. The molecule has 3 aromatic rings. The van der Waals surface area contributed by atoms with Gasteiger partial charge in [-0.2, -0.15) is 4.31 Å². The number of aromatic nitrogens is 2. The zero-order valence-corrected chi connectivity index (χ0v) is 19.5. The van der Waals surface area contributed by atoms with E-state index >= 15 is 0 Å². The third-order valence-corrected chi connectivity index (χ3v) is 7.24. The Morgan fingerprint density at radius 1 is 1.09 bits per heavy atom. The molecule has 176 valence electrons. The van der Waals surface area contributed by atoms with Gasteiger partial charge in [0, 0.05) is 37.5 Å². The first kappa shape index (κ1) is 23.5. The van der Waals surface area contributed by atoms with Crippen LogP contribution in [0.5, 0.6) is 0 Å². The predicted octanol–water partition coefficient (Wildman–Crippen LogP) is 2.13. The van der Waals surface area contributed by atoms with E-state index in [-0.39, 0.29) is 22.3 Å². The minimum absolute atomic E-state index is 0.0283. The summed E-state index contributed by atoms with van der Waals surface area (Å²) in [4.78, 5) is 8.56. The number of nitrogens with one attached hydrogen (secondary N) is 1. The number of piperazine rings is 1. The lowest BCUT2D eigenvalue weighted by Crippen LogP contribution is -2.46. The van der Waals surface area contributed by atoms with E-state index in [1.165, 1.54) is 4.31 Å². The maximum Gasteiger partial charge on any atom is 0.270 e. The van der Waals surface area contributed by atoms with Crippen molar-refractivity contribution in [2.75, 3.05) is 26.2 Å². The Bertz CT molecular complexity index is 1320. The zero-order valence-electron chi connectivity index (χ0n) is 18.7. The fourth-order valence-electron chi connectivity index (χ4n) is 3.44. The fourth-order valence-corrected chi connectivity index (χ4v) is 4.88. The van der Waals surface area contributed by atoms with E-state index in [4.69, 9.17) is 10.2 Å². The number of hydrogen-bond donors (Lipinski definition) is 2. The summed E-state index contributed by atoms with van der Waals surface area (Å²) in [6, 6.07) is 15.9. The van der Waals surface area contributed by atoms with Crippen molar-refractivity contribution in [2.45, 2.75) is 11.8 Å². The molecule has 2 heterocycles. The highest BCUT2D eigenvalue weighted by Gasteiger charge is 2.25. The van der Waals surface area contributed by atoms with Gasteiger partial charge in [-0.25, -0.2) is 18.4 Å². The Morgan fingerprint density at radius 2 is 1.76 bits per heavy atom. The SMILES string of the molecule is C=N/C(N)=C(\N=C(/C)c1ccc(S(=O)(=O)N2CCNCC2)cc1)c1nnc(-c2ccccc2)o1. The van der Waals surface area contributed by atoms with Crippen molar-refractivity contribution < 1.29 is 12.8 Å². The smallest absolute Gasteiger partial charge is 0.270 e. The lowest BCUT2D eigenvalue weighted by Gasteiger charge is -2.26. The zero-order chi connectivity index (χ0) is 24.1. The molecule has 3 N–H and O–H groups in total. The van der Waals surface area contributed by atoms with Gasteiger partial charge in [-0.3, -0.25) is 0 Å². The Labute approximate surface area is 198 Å². The third kappa shape index (κ3) is 4.96. The van der Waals surface area contributed by atoms with Crippen molar-refractivity contribution in [3.63, 3.8) is 0 Å². The first-order valence-electron chi connectivity index (χ1n) is 10.6. The Hall–Kier alpha value is -3.67. The number of sulfonamides is 1. The highest BCUT2D eigenvalue weighted by atomic mass is 32.2. The second-order valence-electron chi connectivity index (χ2n) is 7.55. The van der Waals surface area contributed by atoms with Crippen molar-refractivity contribution in [1.82, 2.24) is 19.8 Å². The minimum Gasteiger partial charge on any atom is -0.414 e. The number of benzene rings is 2. The van der Waals surface area contributed by atoms with Gasteiger partial charge in [0.1, 0.15) is 0 Å². The van der Waals surface area contributed by atoms with Crippen LogP contribution in [0.2, 0.25) is 0 Å². The van der Waals surface area contributed by atoms with Crippen molar-refractivity contribution in [1.29, 1.82) is 0 Å². The molecule has 0 bridgehead atoms. The fraction of sp³-hybridized carbons (Fsp3) is 0.217. The topological polar surface area (TPSA) is 139 Å². The minimum atomic E-state index is -3.54. The van der Waals surface area contributed by atoms with Crippen LogP contribution in [0.3, 0.4) is 0 Å². The summed E-state index contributed by atoms with van der Waals surface area (Å²) in [6.07, 6.45) is 0. The molecule has 1 saturated heterocycles. The molecule has 1 aromatic heterocycles. The van der Waals surface area contributed by atoms with Crippen LogP contribution < -0.4 is 11.1 Å². The number of nitrogens with zero attached hydrogens (tertiary/aromatic N) is 5. The first-order valence-corrected chi connectivity index (χ1v) is 12.1. The Morgan fingerprint density at radius 3 is 2.41 bits per heavy atom. The standard InChI is InChI=1S/C23H25N7O3S/c1-16(17-8-10-19(11-9-17)34(31,32)30-14-12-26-13-15-30)27-20(21(24)25-2)23-29-28-22(33-23)18-6-4-3-5-7-18/h3-11,26H,2,12-15,24H2,1H3/b21-20-,27-16+. The van der Waals surface area contributed by atoms with Gasteiger partial charge in [0.05, 0.1) is 4.90 Å². The van der Waals surface area contributed by atoms with Gasteiger partial charge < -0.3 is 15.5 Å². The maximum absolute atomic E-state index is 12.9. The van der Waals surface area contributed by atoms with E-state index in [2.05, 4.69) is 32.2 Å². The molecule has 4 rings (SSSR count). The van der Waals surface area contributed by atoms with Gasteiger partial charge in [-0.05, 0) is 43.5 Å². The van der Waals surface area contributed by atoms with Crippen LogP contribution in [0.25, 0.3) is 17.2 Å². The van der Waals surface area contributed by atoms with Crippen molar-refractivity contribution in [3.8, 4) is 11.5 Å². The van der Waals surface area contributed by atoms with Crippen molar-refractivity contribution in [3.05, 3.63) is 71.9 Å². The summed E-state index contributed by atoms with van der Waals surface area (Å²) in [5.41, 5.74) is 8.22. The van der Waals surface area contributed by atoms with E-state index < -0.39 is 10.0 Å². The highest BCUT2D eigenvalue weighted by Crippen LogP contribution is 2.24. The van der Waals surface area contributed by atoms with E-state index in [1.807, 2.05) is 30.3 Å². The summed E-state index contributed by atoms with van der Waals surface area (Å²) in [7, 11) is -3.54. The van der Waals surface area contributed by atoms with Crippen LogP contribution >= 0.6 is 0 Å². The summed E-state index contributed by atoms with van der Waals surface area (Å²) < 4.78 is 33.0. The molecule has 0 spiro atoms. The van der Waals surface area contributed by atoms with Crippen LogP contribution in [-0.2, 0) is 10.0 Å². The quantitative estimate of drug-likeness (QED) is 0.495. The van der Waals surface area contributed by atoms with Gasteiger partial charge in [0.25, 0.3) is 5.89 Å². The molecule has 0 aliphatic carbocycles. The van der Waals surface area contributed by atoms with Crippen molar-refractivity contribution >= 4 is 28.1 Å². The lowest BCUT2D eigenvalue weighted by molar-refractivity contribution is 0.360. The lowest BCUT2D eigenvalue weighted by atomic mass is 10.1. The molecule has 10 nitrogen and oxygen atoms in total. The van der Waals surface area contributed by atoms with E-state index in [0.717, 1.165) is 5.56 Å². The summed E-state index contributed by atoms with van der Waals surface area (Å²) in [5, 5.41) is 11.3. The normalized spacial score (nSPS) is 16.2. The number of aliphatic imine (C=N–C) groups is 2. The monoisotopic (exact) mass is 479 g/mol. The van der Waals surface area contributed by atoms with Gasteiger partial charge in [0.15, 0.2) is 11.5 Å². The van der Waals surface area contributed by atoms with E-state index in [9.17, 15) is 8.42 Å². The van der Waals surface area contributed by atoms with E-state index in [1.54, 1.807) is 31.2 Å². The summed E-state index contributed by atoms with van der Waals surface area (Å²) in [5.74, 6) is 0.446. The van der Waals surface area contributed by atoms with Gasteiger partial charge >= 0.3 is 0 Å². The van der Waals surface area contributed by atoms with Crippen molar-refractivity contribution in [2.24, 2.45) is 15.7 Å². The largest absolute Gasteiger partial charge is 0.414 e. The third-order valence-electron chi connectivity index (χ3n) is 5.33. The van der Waals surface area contributed by atoms with Gasteiger partial charge in [-0.15, -0.1) is 10.2 Å². The van der Waals surface area contributed by atoms with Crippen LogP contribution in [0.1, 0.15) is 18.4 Å². The van der Waals surface area contributed by atoms with Gasteiger partial charge in [0.2, 0.25) is 15.9 Å². The summed E-state index contributed by atoms with van der Waals surface area (Å²) in [6.45, 7) is 7.40. The molecule has 0 unspecified atom stereocenters. The molecule has 34 heavy (non-hydrogen) atoms. The molecule has 0 amide bonds. The predicted molar refractivity (Wildman–Crippen MR) is 131 cm³/mol. The van der Waals surface area contributed by atoms with E-state index in [0.29, 0.717) is 43.3 Å². The molecule has 2 aromatic carbocycles.